The summed E-state index contributed by atoms with van der Waals surface area (Å²) in [6.07, 6.45) is 4.55. The van der Waals surface area contributed by atoms with Gasteiger partial charge in [-0.1, -0.05) is 12.1 Å². The number of hydrogen-bond donors (Lipinski definition) is 1. The SMILES string of the molecule is O=C(c1cnccn1)N1CCN(Cc2nc3ccccc3c(=O)[nH]2)CC1. The lowest BCUT2D eigenvalue weighted by atomic mass is 10.2. The van der Waals surface area contributed by atoms with Gasteiger partial charge in [0.15, 0.2) is 0 Å². The molecule has 26 heavy (non-hydrogen) atoms. The molecule has 1 N–H and O–H groups in total. The lowest BCUT2D eigenvalue weighted by molar-refractivity contribution is 0.0619. The number of carbonyl (C=O) groups is 1. The van der Waals surface area contributed by atoms with E-state index in [9.17, 15) is 9.59 Å². The molecule has 1 aliphatic rings. The third-order valence-electron chi connectivity index (χ3n) is 4.48. The van der Waals surface area contributed by atoms with Gasteiger partial charge in [0.1, 0.15) is 11.5 Å². The van der Waals surface area contributed by atoms with Crippen molar-refractivity contribution in [2.45, 2.75) is 6.54 Å². The number of aromatic amines is 1. The number of para-hydroxylation sites is 1. The molecule has 1 aromatic carbocycles. The molecule has 3 aromatic rings. The van der Waals surface area contributed by atoms with Crippen LogP contribution in [0.1, 0.15) is 16.3 Å². The molecule has 132 valence electrons. The van der Waals surface area contributed by atoms with E-state index in [1.54, 1.807) is 17.2 Å². The zero-order valence-corrected chi connectivity index (χ0v) is 14.1. The Labute approximate surface area is 149 Å². The summed E-state index contributed by atoms with van der Waals surface area (Å²) in [5, 5.41) is 0.593. The highest BCUT2D eigenvalue weighted by Crippen LogP contribution is 2.10. The molecule has 0 unspecified atom stereocenters. The van der Waals surface area contributed by atoms with Crippen molar-refractivity contribution in [3.8, 4) is 0 Å². The Morgan fingerprint density at radius 3 is 2.69 bits per heavy atom. The van der Waals surface area contributed by atoms with E-state index in [2.05, 4.69) is 24.8 Å². The molecular formula is C18H18N6O2. The minimum atomic E-state index is -0.123. The van der Waals surface area contributed by atoms with Gasteiger partial charge in [-0.05, 0) is 12.1 Å². The van der Waals surface area contributed by atoms with Crippen LogP contribution in [-0.2, 0) is 6.54 Å². The van der Waals surface area contributed by atoms with Gasteiger partial charge in [0.05, 0.1) is 23.6 Å². The largest absolute Gasteiger partial charge is 0.335 e. The number of amides is 1. The number of rotatable bonds is 3. The minimum Gasteiger partial charge on any atom is -0.335 e. The minimum absolute atomic E-state index is 0.102. The molecule has 2 aromatic heterocycles. The molecule has 1 fully saturated rings. The molecule has 1 saturated heterocycles. The van der Waals surface area contributed by atoms with Crippen LogP contribution in [0.2, 0.25) is 0 Å². The Balaban J connectivity index is 1.41. The lowest BCUT2D eigenvalue weighted by Gasteiger charge is -2.34. The van der Waals surface area contributed by atoms with Crippen molar-refractivity contribution in [3.05, 3.63) is 64.7 Å². The summed E-state index contributed by atoms with van der Waals surface area (Å²) in [5.74, 6) is 0.539. The molecule has 4 rings (SSSR count). The molecule has 1 amide bonds. The summed E-state index contributed by atoms with van der Waals surface area (Å²) < 4.78 is 0. The molecule has 0 radical (unpaired) electrons. The molecule has 1 aliphatic heterocycles. The highest BCUT2D eigenvalue weighted by Gasteiger charge is 2.23. The Bertz CT molecular complexity index is 980. The van der Waals surface area contributed by atoms with Gasteiger partial charge in [0, 0.05) is 38.6 Å². The Hall–Kier alpha value is -3.13. The first-order valence-corrected chi connectivity index (χ1v) is 8.46. The highest BCUT2D eigenvalue weighted by atomic mass is 16.2. The maximum atomic E-state index is 12.4. The van der Waals surface area contributed by atoms with Crippen molar-refractivity contribution >= 4 is 16.8 Å². The zero-order chi connectivity index (χ0) is 17.9. The van der Waals surface area contributed by atoms with Crippen molar-refractivity contribution in [2.75, 3.05) is 26.2 Å². The fourth-order valence-electron chi connectivity index (χ4n) is 3.10. The van der Waals surface area contributed by atoms with Gasteiger partial charge in [-0.3, -0.25) is 19.5 Å². The van der Waals surface area contributed by atoms with Crippen LogP contribution >= 0.6 is 0 Å². The number of aromatic nitrogens is 4. The quantitative estimate of drug-likeness (QED) is 0.746. The van der Waals surface area contributed by atoms with Crippen LogP contribution in [0.5, 0.6) is 0 Å². The first-order chi connectivity index (χ1) is 12.7. The third-order valence-corrected chi connectivity index (χ3v) is 4.48. The fourth-order valence-corrected chi connectivity index (χ4v) is 3.10. The van der Waals surface area contributed by atoms with Crippen LogP contribution in [0.25, 0.3) is 10.9 Å². The topological polar surface area (TPSA) is 95.1 Å². The predicted molar refractivity (Wildman–Crippen MR) is 95.6 cm³/mol. The Morgan fingerprint density at radius 2 is 1.92 bits per heavy atom. The molecular weight excluding hydrogens is 332 g/mol. The van der Waals surface area contributed by atoms with E-state index >= 15 is 0 Å². The maximum absolute atomic E-state index is 12.4. The fraction of sp³-hybridized carbons (Fsp3) is 0.278. The van der Waals surface area contributed by atoms with E-state index in [4.69, 9.17) is 0 Å². The summed E-state index contributed by atoms with van der Waals surface area (Å²) in [6.45, 7) is 3.18. The Morgan fingerprint density at radius 1 is 1.12 bits per heavy atom. The highest BCUT2D eigenvalue weighted by molar-refractivity contribution is 5.92. The summed E-state index contributed by atoms with van der Waals surface area (Å²) in [4.78, 5) is 43.9. The van der Waals surface area contributed by atoms with Crippen molar-refractivity contribution in [1.82, 2.24) is 29.7 Å². The van der Waals surface area contributed by atoms with Crippen LogP contribution in [-0.4, -0.2) is 61.8 Å². The predicted octanol–water partition coefficient (Wildman–Crippen LogP) is 0.671. The molecule has 0 aliphatic carbocycles. The van der Waals surface area contributed by atoms with Gasteiger partial charge < -0.3 is 9.88 Å². The summed E-state index contributed by atoms with van der Waals surface area (Å²) in [6, 6.07) is 7.30. The van der Waals surface area contributed by atoms with Gasteiger partial charge in [0.2, 0.25) is 0 Å². The van der Waals surface area contributed by atoms with Crippen LogP contribution in [0, 0.1) is 0 Å². The molecule has 8 nitrogen and oxygen atoms in total. The first-order valence-electron chi connectivity index (χ1n) is 8.46. The van der Waals surface area contributed by atoms with Crippen molar-refractivity contribution in [3.63, 3.8) is 0 Å². The number of carbonyl (C=O) groups excluding carboxylic acids is 1. The van der Waals surface area contributed by atoms with E-state index in [0.717, 1.165) is 0 Å². The smallest absolute Gasteiger partial charge is 0.274 e. The number of piperazine rings is 1. The third kappa shape index (κ3) is 3.31. The average molecular weight is 350 g/mol. The second kappa shape index (κ2) is 7.01. The number of benzene rings is 1. The molecule has 0 spiro atoms. The normalized spacial score (nSPS) is 15.3. The number of hydrogen-bond acceptors (Lipinski definition) is 6. The second-order valence-corrected chi connectivity index (χ2v) is 6.19. The number of H-pyrrole nitrogens is 1. The van der Waals surface area contributed by atoms with E-state index in [1.807, 2.05) is 18.2 Å². The monoisotopic (exact) mass is 350 g/mol. The molecule has 0 bridgehead atoms. The van der Waals surface area contributed by atoms with Gasteiger partial charge in [0.25, 0.3) is 11.5 Å². The maximum Gasteiger partial charge on any atom is 0.274 e. The van der Waals surface area contributed by atoms with E-state index < -0.39 is 0 Å². The van der Waals surface area contributed by atoms with Gasteiger partial charge in [-0.15, -0.1) is 0 Å². The van der Waals surface area contributed by atoms with Gasteiger partial charge in [-0.25, -0.2) is 9.97 Å². The number of nitrogens with one attached hydrogen (secondary N) is 1. The van der Waals surface area contributed by atoms with Crippen LogP contribution in [0.3, 0.4) is 0 Å². The van der Waals surface area contributed by atoms with E-state index in [1.165, 1.54) is 12.4 Å². The van der Waals surface area contributed by atoms with Gasteiger partial charge in [-0.2, -0.15) is 0 Å². The second-order valence-electron chi connectivity index (χ2n) is 6.19. The van der Waals surface area contributed by atoms with Crippen LogP contribution < -0.4 is 5.56 Å². The standard InChI is InChI=1S/C18H18N6O2/c25-17-13-3-1-2-4-14(13)21-16(22-17)12-23-7-9-24(10-8-23)18(26)15-11-19-5-6-20-15/h1-6,11H,7-10,12H2,(H,21,22,25). The Kier molecular flexibility index (Phi) is 4.40. The first kappa shape index (κ1) is 16.3. The van der Waals surface area contributed by atoms with Crippen LogP contribution in [0.15, 0.2) is 47.7 Å². The average Bonchev–Trinajstić information content (AvgIpc) is 2.69. The van der Waals surface area contributed by atoms with Crippen molar-refractivity contribution < 1.29 is 4.79 Å². The van der Waals surface area contributed by atoms with E-state index in [-0.39, 0.29) is 11.5 Å². The number of nitrogens with zero attached hydrogens (tertiary/aromatic N) is 5. The zero-order valence-electron chi connectivity index (χ0n) is 14.1. The van der Waals surface area contributed by atoms with E-state index in [0.29, 0.717) is 55.1 Å². The lowest BCUT2D eigenvalue weighted by Crippen LogP contribution is -2.48. The summed E-state index contributed by atoms with van der Waals surface area (Å²) in [5.41, 5.74) is 0.936. The molecule has 0 atom stereocenters. The molecule has 0 saturated carbocycles. The summed E-state index contributed by atoms with van der Waals surface area (Å²) in [7, 11) is 0. The summed E-state index contributed by atoms with van der Waals surface area (Å²) >= 11 is 0. The number of fused-ring (bicyclic) bond motifs is 1. The van der Waals surface area contributed by atoms with Gasteiger partial charge >= 0.3 is 0 Å². The van der Waals surface area contributed by atoms with Crippen molar-refractivity contribution in [1.29, 1.82) is 0 Å². The van der Waals surface area contributed by atoms with Crippen LogP contribution in [0.4, 0.5) is 0 Å². The molecule has 3 heterocycles. The molecule has 8 heteroatoms. The van der Waals surface area contributed by atoms with Crippen molar-refractivity contribution in [2.24, 2.45) is 0 Å².